The molecule has 1 aromatic carbocycles. The number of carbonyl (C=O) groups excluding carboxylic acids is 2. The Balaban J connectivity index is 1.50. The molecule has 0 radical (unpaired) electrons. The van der Waals surface area contributed by atoms with E-state index in [4.69, 9.17) is 14.2 Å². The van der Waals surface area contributed by atoms with E-state index in [0.29, 0.717) is 44.2 Å². The van der Waals surface area contributed by atoms with Crippen LogP contribution in [-0.4, -0.2) is 71.5 Å². The molecule has 2 aromatic rings. The summed E-state index contributed by atoms with van der Waals surface area (Å²) in [5.41, 5.74) is 0.350. The van der Waals surface area contributed by atoms with E-state index in [1.807, 2.05) is 12.1 Å². The number of hydrogen-bond acceptors (Lipinski definition) is 6. The molecule has 3 rings (SSSR count). The van der Waals surface area contributed by atoms with Crippen molar-refractivity contribution in [1.82, 2.24) is 19.6 Å². The molecule has 150 valence electrons. The molecular formula is C19H24N4O5. The van der Waals surface area contributed by atoms with Crippen LogP contribution >= 0.6 is 0 Å². The maximum atomic E-state index is 12.6. The highest BCUT2D eigenvalue weighted by Crippen LogP contribution is 2.17. The first kappa shape index (κ1) is 19.5. The average molecular weight is 388 g/mol. The molecule has 1 fully saturated rings. The summed E-state index contributed by atoms with van der Waals surface area (Å²) in [6, 6.07) is 8.89. The van der Waals surface area contributed by atoms with E-state index in [-0.39, 0.29) is 18.7 Å². The molecule has 2 heterocycles. The van der Waals surface area contributed by atoms with Crippen LogP contribution in [0, 0.1) is 0 Å². The predicted molar refractivity (Wildman–Crippen MR) is 100 cm³/mol. The highest BCUT2D eigenvalue weighted by Gasteiger charge is 2.26. The normalized spacial score (nSPS) is 13.9. The van der Waals surface area contributed by atoms with Crippen LogP contribution in [-0.2, 0) is 11.5 Å². The third kappa shape index (κ3) is 4.73. The number of piperazine rings is 1. The van der Waals surface area contributed by atoms with Crippen LogP contribution in [0.25, 0.3) is 0 Å². The highest BCUT2D eigenvalue weighted by atomic mass is 16.6. The zero-order chi connectivity index (χ0) is 19.9. The van der Waals surface area contributed by atoms with E-state index in [1.165, 1.54) is 0 Å². The molecule has 0 N–H and O–H groups in total. The third-order valence-electron chi connectivity index (χ3n) is 4.38. The van der Waals surface area contributed by atoms with Gasteiger partial charge in [0.25, 0.3) is 5.91 Å². The largest absolute Gasteiger partial charge is 0.497 e. The second-order valence-electron chi connectivity index (χ2n) is 6.17. The molecule has 0 saturated carbocycles. The number of hydrogen-bond donors (Lipinski definition) is 0. The van der Waals surface area contributed by atoms with Crippen LogP contribution in [0.1, 0.15) is 17.4 Å². The van der Waals surface area contributed by atoms with E-state index < -0.39 is 0 Å². The van der Waals surface area contributed by atoms with Crippen molar-refractivity contribution in [2.75, 3.05) is 39.9 Å². The van der Waals surface area contributed by atoms with Crippen LogP contribution in [0.5, 0.6) is 11.5 Å². The van der Waals surface area contributed by atoms with Crippen LogP contribution in [0.3, 0.4) is 0 Å². The van der Waals surface area contributed by atoms with Gasteiger partial charge >= 0.3 is 6.09 Å². The predicted octanol–water partition coefficient (Wildman–Crippen LogP) is 1.84. The fourth-order valence-electron chi connectivity index (χ4n) is 2.83. The first-order valence-corrected chi connectivity index (χ1v) is 9.12. The summed E-state index contributed by atoms with van der Waals surface area (Å²) < 4.78 is 17.3. The van der Waals surface area contributed by atoms with Gasteiger partial charge < -0.3 is 24.0 Å². The first-order valence-electron chi connectivity index (χ1n) is 9.12. The Morgan fingerprint density at radius 1 is 1.00 bits per heavy atom. The second kappa shape index (κ2) is 9.12. The molecule has 2 amide bonds. The Kier molecular flexibility index (Phi) is 6.36. The number of ether oxygens (including phenoxy) is 3. The minimum absolute atomic E-state index is 0.160. The minimum Gasteiger partial charge on any atom is -0.497 e. The number of methoxy groups -OCH3 is 1. The second-order valence-corrected chi connectivity index (χ2v) is 6.17. The molecule has 0 atom stereocenters. The Hall–Kier alpha value is -3.23. The molecule has 0 spiro atoms. The van der Waals surface area contributed by atoms with Crippen molar-refractivity contribution in [2.24, 2.45) is 0 Å². The number of rotatable bonds is 6. The van der Waals surface area contributed by atoms with Crippen molar-refractivity contribution >= 4 is 12.0 Å². The summed E-state index contributed by atoms with van der Waals surface area (Å²) in [6.07, 6.45) is 1.36. The van der Waals surface area contributed by atoms with Crippen molar-refractivity contribution < 1.29 is 23.8 Å². The monoisotopic (exact) mass is 388 g/mol. The molecule has 0 unspecified atom stereocenters. The number of amides is 2. The van der Waals surface area contributed by atoms with E-state index in [9.17, 15) is 9.59 Å². The lowest BCUT2D eigenvalue weighted by molar-refractivity contribution is 0.0564. The maximum Gasteiger partial charge on any atom is 0.409 e. The molecule has 0 bridgehead atoms. The SMILES string of the molecule is CCOC(=O)N1CCN(C(=O)c2ccn(COc3ccc(OC)cc3)n2)CC1. The molecule has 9 heteroatoms. The third-order valence-corrected chi connectivity index (χ3v) is 4.38. The maximum absolute atomic E-state index is 12.6. The number of nitrogens with zero attached hydrogens (tertiary/aromatic N) is 4. The summed E-state index contributed by atoms with van der Waals surface area (Å²) in [5, 5.41) is 4.29. The van der Waals surface area contributed by atoms with Crippen molar-refractivity contribution in [3.05, 3.63) is 42.2 Å². The zero-order valence-corrected chi connectivity index (χ0v) is 16.0. The minimum atomic E-state index is -0.338. The highest BCUT2D eigenvalue weighted by molar-refractivity contribution is 5.92. The van der Waals surface area contributed by atoms with Crippen LogP contribution in [0.15, 0.2) is 36.5 Å². The standard InChI is InChI=1S/C19H24N4O5/c1-3-27-19(25)22-12-10-21(11-13-22)18(24)17-8-9-23(20-17)14-28-16-6-4-15(26-2)5-7-16/h4-9H,3,10-14H2,1-2H3. The lowest BCUT2D eigenvalue weighted by Gasteiger charge is -2.33. The van der Waals surface area contributed by atoms with Gasteiger partial charge in [-0.2, -0.15) is 5.10 Å². The number of aromatic nitrogens is 2. The van der Waals surface area contributed by atoms with Gasteiger partial charge in [-0.15, -0.1) is 0 Å². The van der Waals surface area contributed by atoms with Crippen molar-refractivity contribution in [2.45, 2.75) is 13.7 Å². The number of carbonyl (C=O) groups is 2. The molecular weight excluding hydrogens is 364 g/mol. The summed E-state index contributed by atoms with van der Waals surface area (Å²) in [6.45, 7) is 4.11. The van der Waals surface area contributed by atoms with Crippen molar-refractivity contribution in [3.8, 4) is 11.5 Å². The Bertz CT molecular complexity index is 797. The molecule has 28 heavy (non-hydrogen) atoms. The molecule has 1 aliphatic heterocycles. The molecule has 0 aliphatic carbocycles. The first-order chi connectivity index (χ1) is 13.6. The quantitative estimate of drug-likeness (QED) is 0.751. The van der Waals surface area contributed by atoms with E-state index >= 15 is 0 Å². The van der Waals surface area contributed by atoms with Gasteiger partial charge in [-0.25, -0.2) is 9.48 Å². The van der Waals surface area contributed by atoms with Gasteiger partial charge in [0, 0.05) is 32.4 Å². The summed E-state index contributed by atoms with van der Waals surface area (Å²) in [4.78, 5) is 27.7. The lowest BCUT2D eigenvalue weighted by Crippen LogP contribution is -2.50. The topological polar surface area (TPSA) is 86.1 Å². The van der Waals surface area contributed by atoms with Gasteiger partial charge in [0.2, 0.25) is 0 Å². The van der Waals surface area contributed by atoms with Gasteiger partial charge in [-0.1, -0.05) is 0 Å². The van der Waals surface area contributed by atoms with Crippen molar-refractivity contribution in [3.63, 3.8) is 0 Å². The van der Waals surface area contributed by atoms with Gasteiger partial charge in [0.15, 0.2) is 12.4 Å². The molecule has 1 aliphatic rings. The van der Waals surface area contributed by atoms with Crippen LogP contribution in [0.4, 0.5) is 4.79 Å². The average Bonchev–Trinajstić information content (AvgIpc) is 3.21. The van der Waals surface area contributed by atoms with Crippen LogP contribution < -0.4 is 9.47 Å². The summed E-state index contributed by atoms with van der Waals surface area (Å²) in [5.74, 6) is 1.27. The Morgan fingerprint density at radius 2 is 1.64 bits per heavy atom. The van der Waals surface area contributed by atoms with Gasteiger partial charge in [0.05, 0.1) is 13.7 Å². The van der Waals surface area contributed by atoms with Crippen LogP contribution in [0.2, 0.25) is 0 Å². The Labute approximate surface area is 163 Å². The van der Waals surface area contributed by atoms with Gasteiger partial charge in [-0.05, 0) is 37.3 Å². The zero-order valence-electron chi connectivity index (χ0n) is 16.0. The Morgan fingerprint density at radius 3 is 2.29 bits per heavy atom. The summed E-state index contributed by atoms with van der Waals surface area (Å²) >= 11 is 0. The summed E-state index contributed by atoms with van der Waals surface area (Å²) in [7, 11) is 1.61. The fourth-order valence-corrected chi connectivity index (χ4v) is 2.83. The molecule has 1 saturated heterocycles. The van der Waals surface area contributed by atoms with E-state index in [0.717, 1.165) is 5.75 Å². The van der Waals surface area contributed by atoms with E-state index in [2.05, 4.69) is 5.10 Å². The number of benzene rings is 1. The molecule has 1 aromatic heterocycles. The lowest BCUT2D eigenvalue weighted by atomic mass is 10.3. The van der Waals surface area contributed by atoms with Gasteiger partial charge in [-0.3, -0.25) is 4.79 Å². The van der Waals surface area contributed by atoms with Gasteiger partial charge in [0.1, 0.15) is 11.5 Å². The smallest absolute Gasteiger partial charge is 0.409 e. The van der Waals surface area contributed by atoms with Crippen molar-refractivity contribution in [1.29, 1.82) is 0 Å². The molecule has 9 nitrogen and oxygen atoms in total. The fraction of sp³-hybridized carbons (Fsp3) is 0.421. The van der Waals surface area contributed by atoms with E-state index in [1.54, 1.807) is 52.9 Å².